The van der Waals surface area contributed by atoms with Crippen LogP contribution in [0.3, 0.4) is 0 Å². The molecule has 0 bridgehead atoms. The number of hydrogen-bond donors (Lipinski definition) is 0. The van der Waals surface area contributed by atoms with Crippen LogP contribution in [0.4, 0.5) is 0 Å². The second kappa shape index (κ2) is 0.777. The molecule has 2 rings (SSSR count). The van der Waals surface area contributed by atoms with Gasteiger partial charge in [-0.2, -0.15) is 15.5 Å². The second-order valence-electron chi connectivity index (χ2n) is 1.64. The Labute approximate surface area is 44.7 Å². The molecule has 0 saturated heterocycles. The average Bonchev–Trinajstić information content (AvgIpc) is 2.63. The van der Waals surface area contributed by atoms with E-state index < -0.39 is 5.66 Å². The fourth-order valence-corrected chi connectivity index (χ4v) is 0.454. The van der Waals surface area contributed by atoms with Crippen LogP contribution in [0.1, 0.15) is 0 Å². The monoisotopic (exact) mass is 107 g/mol. The van der Waals surface area contributed by atoms with Gasteiger partial charge < -0.3 is 0 Å². The number of nitriles is 1. The molecule has 2 aliphatic heterocycles. The Balaban J connectivity index is 2.15. The molecular weight excluding hydrogens is 106 g/mol. The Morgan fingerprint density at radius 2 is 2.00 bits per heavy atom. The molecule has 5 heteroatoms. The van der Waals surface area contributed by atoms with Crippen LogP contribution in [0, 0.1) is 11.3 Å². The molecule has 0 unspecified atom stereocenters. The highest BCUT2D eigenvalue weighted by atomic mass is 15.6. The van der Waals surface area contributed by atoms with Crippen LogP contribution in [-0.4, -0.2) is 11.8 Å². The van der Waals surface area contributed by atoms with Crippen LogP contribution in [0.2, 0.25) is 0 Å². The van der Waals surface area contributed by atoms with E-state index in [1.165, 1.54) is 0 Å². The van der Waals surface area contributed by atoms with Crippen LogP contribution in [-0.2, 0) is 0 Å². The molecule has 0 radical (unpaired) electrons. The summed E-state index contributed by atoms with van der Waals surface area (Å²) in [5, 5.41) is 22.3. The van der Waals surface area contributed by atoms with E-state index in [9.17, 15) is 0 Å². The van der Waals surface area contributed by atoms with Crippen molar-refractivity contribution in [3.63, 3.8) is 0 Å². The van der Waals surface area contributed by atoms with Gasteiger partial charge in [0.15, 0.2) is 0 Å². The topological polar surface area (TPSA) is 73.2 Å². The first-order valence-corrected chi connectivity index (χ1v) is 2.13. The summed E-state index contributed by atoms with van der Waals surface area (Å²) in [6, 6.07) is 1.89. The lowest BCUT2D eigenvalue weighted by atomic mass is 10.2. The number of nitrogens with zero attached hydrogens (tertiary/aromatic N) is 5. The van der Waals surface area contributed by atoms with Crippen molar-refractivity contribution >= 4 is 0 Å². The minimum Gasteiger partial charge on any atom is -0.193 e. The van der Waals surface area contributed by atoms with E-state index in [1.807, 2.05) is 6.07 Å². The Morgan fingerprint density at radius 1 is 1.38 bits per heavy atom. The molecule has 0 saturated carbocycles. The van der Waals surface area contributed by atoms with E-state index in [2.05, 4.69) is 20.5 Å². The van der Waals surface area contributed by atoms with Gasteiger partial charge in [0.2, 0.25) is 6.17 Å². The zero-order chi connectivity index (χ0) is 5.61. The summed E-state index contributed by atoms with van der Waals surface area (Å²) in [5.74, 6) is 0. The molecular formula is C3HN5. The summed E-state index contributed by atoms with van der Waals surface area (Å²) in [6.45, 7) is 0. The Kier molecular flexibility index (Phi) is 0.356. The van der Waals surface area contributed by atoms with Crippen molar-refractivity contribution in [3.05, 3.63) is 0 Å². The van der Waals surface area contributed by atoms with Gasteiger partial charge in [-0.3, -0.25) is 0 Å². The van der Waals surface area contributed by atoms with Crippen LogP contribution in [0.15, 0.2) is 20.5 Å². The van der Waals surface area contributed by atoms with Gasteiger partial charge in [0.05, 0.1) is 0 Å². The van der Waals surface area contributed by atoms with E-state index in [0.29, 0.717) is 0 Å². The maximum absolute atomic E-state index is 8.31. The second-order valence-corrected chi connectivity index (χ2v) is 1.64. The van der Waals surface area contributed by atoms with Gasteiger partial charge in [0.25, 0.3) is 0 Å². The first kappa shape index (κ1) is 3.66. The highest BCUT2D eigenvalue weighted by Crippen LogP contribution is 2.39. The summed E-state index contributed by atoms with van der Waals surface area (Å²) < 4.78 is 0. The summed E-state index contributed by atoms with van der Waals surface area (Å²) >= 11 is 0. The molecule has 2 heterocycles. The number of rotatable bonds is 1. The van der Waals surface area contributed by atoms with Crippen molar-refractivity contribution in [2.24, 2.45) is 20.5 Å². The summed E-state index contributed by atoms with van der Waals surface area (Å²) in [7, 11) is 0. The predicted octanol–water partition coefficient (Wildman–Crippen LogP) is 0.464. The summed E-state index contributed by atoms with van der Waals surface area (Å²) in [6.07, 6.45) is -0.271. The molecule has 0 aromatic rings. The van der Waals surface area contributed by atoms with Crippen molar-refractivity contribution in [1.82, 2.24) is 0 Å². The van der Waals surface area contributed by atoms with Gasteiger partial charge in [0, 0.05) is 0 Å². The molecule has 0 aromatic carbocycles. The van der Waals surface area contributed by atoms with Crippen molar-refractivity contribution in [1.29, 1.82) is 5.26 Å². The highest BCUT2D eigenvalue weighted by molar-refractivity contribution is 5.20. The molecule has 0 fully saturated rings. The minimum atomic E-state index is -0.875. The normalized spacial score (nSPS) is 27.4. The van der Waals surface area contributed by atoms with Gasteiger partial charge >= 0.3 is 5.66 Å². The van der Waals surface area contributed by atoms with Gasteiger partial charge in [-0.05, 0) is 0 Å². The molecule has 0 atom stereocenters. The van der Waals surface area contributed by atoms with Gasteiger partial charge in [-0.15, -0.1) is 10.2 Å². The number of hydrogen-bond acceptors (Lipinski definition) is 5. The van der Waals surface area contributed by atoms with Crippen LogP contribution in [0.25, 0.3) is 0 Å². The third kappa shape index (κ3) is 0.259. The van der Waals surface area contributed by atoms with E-state index in [-0.39, 0.29) is 6.17 Å². The average molecular weight is 107 g/mol. The zero-order valence-corrected chi connectivity index (χ0v) is 3.81. The largest absolute Gasteiger partial charge is 0.319 e. The Hall–Kier alpha value is -1.31. The molecule has 0 spiro atoms. The molecule has 5 nitrogen and oxygen atoms in total. The first-order valence-electron chi connectivity index (χ1n) is 2.13. The van der Waals surface area contributed by atoms with Crippen molar-refractivity contribution in [2.45, 2.75) is 11.8 Å². The molecule has 0 aliphatic carbocycles. The van der Waals surface area contributed by atoms with Gasteiger partial charge in [-0.1, -0.05) is 0 Å². The van der Waals surface area contributed by atoms with E-state index in [1.54, 1.807) is 0 Å². The predicted molar refractivity (Wildman–Crippen MR) is 21.8 cm³/mol. The summed E-state index contributed by atoms with van der Waals surface area (Å²) in [4.78, 5) is 0. The Bertz CT molecular complexity index is 208. The Morgan fingerprint density at radius 3 is 2.12 bits per heavy atom. The quantitative estimate of drug-likeness (QED) is 0.479. The third-order valence-corrected chi connectivity index (χ3v) is 1.07. The molecule has 0 N–H and O–H groups in total. The van der Waals surface area contributed by atoms with Crippen LogP contribution >= 0.6 is 0 Å². The first-order chi connectivity index (χ1) is 3.87. The highest BCUT2D eigenvalue weighted by Gasteiger charge is 2.54. The third-order valence-electron chi connectivity index (χ3n) is 1.07. The lowest BCUT2D eigenvalue weighted by Crippen LogP contribution is -2.14. The molecule has 2 aliphatic rings. The molecule has 8 heavy (non-hydrogen) atoms. The maximum atomic E-state index is 8.31. The van der Waals surface area contributed by atoms with Gasteiger partial charge in [-0.25, -0.2) is 0 Å². The van der Waals surface area contributed by atoms with E-state index in [0.717, 1.165) is 0 Å². The lowest BCUT2D eigenvalue weighted by molar-refractivity contribution is 0.715. The van der Waals surface area contributed by atoms with Crippen LogP contribution in [0.5, 0.6) is 0 Å². The zero-order valence-electron chi connectivity index (χ0n) is 3.81. The van der Waals surface area contributed by atoms with E-state index >= 15 is 0 Å². The fourth-order valence-electron chi connectivity index (χ4n) is 0.454. The van der Waals surface area contributed by atoms with Crippen molar-refractivity contribution < 1.29 is 0 Å². The van der Waals surface area contributed by atoms with Crippen molar-refractivity contribution in [2.75, 3.05) is 0 Å². The molecule has 0 aromatic heterocycles. The minimum absolute atomic E-state index is 0.271. The summed E-state index contributed by atoms with van der Waals surface area (Å²) in [5.41, 5.74) is -0.875. The maximum Gasteiger partial charge on any atom is 0.319 e. The van der Waals surface area contributed by atoms with Gasteiger partial charge in [0.1, 0.15) is 6.07 Å². The van der Waals surface area contributed by atoms with Crippen molar-refractivity contribution in [3.8, 4) is 6.07 Å². The van der Waals surface area contributed by atoms with E-state index in [4.69, 9.17) is 5.26 Å². The molecule has 38 valence electrons. The lowest BCUT2D eigenvalue weighted by Gasteiger charge is -1.85. The van der Waals surface area contributed by atoms with Crippen LogP contribution < -0.4 is 0 Å². The SMILES string of the molecule is N#CC1(C2N=N2)N=N1. The fraction of sp³-hybridized carbons (Fsp3) is 0.667. The molecule has 0 amide bonds. The standard InChI is InChI=1S/C3HN5/c4-1-3(7-8-3)2-5-6-2/h2H. The smallest absolute Gasteiger partial charge is 0.193 e.